The largest absolute Gasteiger partial charge is 0.465 e. The fraction of sp³-hybridized carbons (Fsp3) is 0.900. The van der Waals surface area contributed by atoms with E-state index in [1.807, 2.05) is 0 Å². The van der Waals surface area contributed by atoms with Crippen LogP contribution in [-0.2, 0) is 0 Å². The molecule has 2 N–H and O–H groups in total. The minimum absolute atomic E-state index is 0.348. The summed E-state index contributed by atoms with van der Waals surface area (Å²) in [5.41, 5.74) is 0.348. The Bertz CT molecular complexity index is 177. The van der Waals surface area contributed by atoms with Crippen LogP contribution in [0.1, 0.15) is 40.0 Å². The van der Waals surface area contributed by atoms with Crippen LogP contribution in [0.2, 0.25) is 0 Å². The molecule has 1 amide bonds. The standard InChI is InChI=1S/C10H20INO2/c1-10(2,3)8(11)6-4-5-7-12-9(13)14/h8,12H,4-7H2,1-3H3,(H,13,14). The first-order valence-corrected chi connectivity index (χ1v) is 6.19. The van der Waals surface area contributed by atoms with Gasteiger partial charge < -0.3 is 10.4 Å². The van der Waals surface area contributed by atoms with Gasteiger partial charge in [-0.25, -0.2) is 4.79 Å². The van der Waals surface area contributed by atoms with E-state index in [1.54, 1.807) is 0 Å². The third-order valence-electron chi connectivity index (χ3n) is 2.10. The molecule has 0 aromatic rings. The average molecular weight is 313 g/mol. The Labute approximate surface area is 99.8 Å². The number of alkyl halides is 1. The lowest BCUT2D eigenvalue weighted by Gasteiger charge is -2.25. The smallest absolute Gasteiger partial charge is 0.404 e. The molecule has 0 aliphatic heterocycles. The van der Waals surface area contributed by atoms with E-state index >= 15 is 0 Å². The Morgan fingerprint density at radius 3 is 2.43 bits per heavy atom. The highest BCUT2D eigenvalue weighted by molar-refractivity contribution is 14.1. The van der Waals surface area contributed by atoms with Crippen molar-refractivity contribution in [1.29, 1.82) is 0 Å². The molecule has 0 bridgehead atoms. The molecule has 0 saturated carbocycles. The molecule has 0 spiro atoms. The SMILES string of the molecule is CC(C)(C)C(I)CCCCNC(=O)O. The van der Waals surface area contributed by atoms with Gasteiger partial charge in [-0.2, -0.15) is 0 Å². The Hall–Kier alpha value is 0. The number of carboxylic acid groups (broad SMARTS) is 1. The number of carbonyl (C=O) groups is 1. The van der Waals surface area contributed by atoms with E-state index in [-0.39, 0.29) is 0 Å². The van der Waals surface area contributed by atoms with E-state index in [0.29, 0.717) is 15.9 Å². The molecular formula is C10H20INO2. The summed E-state index contributed by atoms with van der Waals surface area (Å²) in [5, 5.41) is 10.7. The Balaban J connectivity index is 3.41. The van der Waals surface area contributed by atoms with Crippen LogP contribution in [0.5, 0.6) is 0 Å². The van der Waals surface area contributed by atoms with Gasteiger partial charge in [-0.15, -0.1) is 0 Å². The number of halogens is 1. The maximum Gasteiger partial charge on any atom is 0.404 e. The molecule has 84 valence electrons. The molecule has 0 heterocycles. The summed E-state index contributed by atoms with van der Waals surface area (Å²) in [5.74, 6) is 0. The first-order chi connectivity index (χ1) is 6.34. The summed E-state index contributed by atoms with van der Waals surface area (Å²) in [6.45, 7) is 7.28. The highest BCUT2D eigenvalue weighted by Crippen LogP contribution is 2.30. The average Bonchev–Trinajstić information content (AvgIpc) is 2.01. The Kier molecular flexibility index (Phi) is 6.48. The molecule has 1 unspecified atom stereocenters. The predicted octanol–water partition coefficient (Wildman–Crippen LogP) is 3.27. The van der Waals surface area contributed by atoms with Crippen LogP contribution < -0.4 is 5.32 Å². The van der Waals surface area contributed by atoms with Gasteiger partial charge in [-0.05, 0) is 18.3 Å². The van der Waals surface area contributed by atoms with Crippen LogP contribution in [0.3, 0.4) is 0 Å². The van der Waals surface area contributed by atoms with E-state index in [1.165, 1.54) is 0 Å². The van der Waals surface area contributed by atoms with Crippen molar-refractivity contribution in [3.63, 3.8) is 0 Å². The Morgan fingerprint density at radius 2 is 2.00 bits per heavy atom. The van der Waals surface area contributed by atoms with E-state index in [9.17, 15) is 4.79 Å². The van der Waals surface area contributed by atoms with E-state index in [4.69, 9.17) is 5.11 Å². The highest BCUT2D eigenvalue weighted by Gasteiger charge is 2.20. The van der Waals surface area contributed by atoms with Gasteiger partial charge in [0.2, 0.25) is 0 Å². The van der Waals surface area contributed by atoms with Gasteiger partial charge >= 0.3 is 6.09 Å². The van der Waals surface area contributed by atoms with E-state index in [0.717, 1.165) is 19.3 Å². The molecule has 0 rings (SSSR count). The molecule has 0 saturated heterocycles. The van der Waals surface area contributed by atoms with Crippen molar-refractivity contribution in [2.45, 2.75) is 44.0 Å². The van der Waals surface area contributed by atoms with Gasteiger partial charge in [0.15, 0.2) is 0 Å². The fourth-order valence-electron chi connectivity index (χ4n) is 1.08. The molecule has 0 aromatic heterocycles. The lowest BCUT2D eigenvalue weighted by atomic mass is 9.89. The number of unbranched alkanes of at least 4 members (excludes halogenated alkanes) is 1. The van der Waals surface area contributed by atoms with Crippen molar-refractivity contribution in [2.75, 3.05) is 6.54 Å². The van der Waals surface area contributed by atoms with Crippen molar-refractivity contribution in [1.82, 2.24) is 5.32 Å². The third kappa shape index (κ3) is 7.41. The van der Waals surface area contributed by atoms with Crippen molar-refractivity contribution in [2.24, 2.45) is 5.41 Å². The van der Waals surface area contributed by atoms with Gasteiger partial charge in [0.25, 0.3) is 0 Å². The van der Waals surface area contributed by atoms with Crippen LogP contribution in [-0.4, -0.2) is 21.7 Å². The van der Waals surface area contributed by atoms with Gasteiger partial charge in [-0.3, -0.25) is 0 Å². The number of hydrogen-bond acceptors (Lipinski definition) is 1. The Morgan fingerprint density at radius 1 is 1.43 bits per heavy atom. The minimum atomic E-state index is -0.924. The van der Waals surface area contributed by atoms with E-state index < -0.39 is 6.09 Å². The lowest BCUT2D eigenvalue weighted by Crippen LogP contribution is -2.23. The molecule has 4 heteroatoms. The van der Waals surface area contributed by atoms with Gasteiger partial charge in [0, 0.05) is 10.5 Å². The minimum Gasteiger partial charge on any atom is -0.465 e. The molecule has 0 aromatic carbocycles. The fourth-order valence-corrected chi connectivity index (χ4v) is 1.52. The number of hydrogen-bond donors (Lipinski definition) is 2. The maximum atomic E-state index is 10.1. The molecule has 0 aliphatic rings. The van der Waals surface area contributed by atoms with Crippen molar-refractivity contribution >= 4 is 28.7 Å². The van der Waals surface area contributed by atoms with E-state index in [2.05, 4.69) is 48.7 Å². The van der Waals surface area contributed by atoms with Crippen molar-refractivity contribution in [3.05, 3.63) is 0 Å². The summed E-state index contributed by atoms with van der Waals surface area (Å²) in [4.78, 5) is 10.1. The number of rotatable bonds is 5. The maximum absolute atomic E-state index is 10.1. The molecule has 3 nitrogen and oxygen atoms in total. The molecule has 0 aliphatic carbocycles. The zero-order valence-electron chi connectivity index (χ0n) is 9.14. The highest BCUT2D eigenvalue weighted by atomic mass is 127. The first kappa shape index (κ1) is 14.0. The summed E-state index contributed by atoms with van der Waals surface area (Å²) >= 11 is 2.48. The van der Waals surface area contributed by atoms with Crippen LogP contribution in [0.25, 0.3) is 0 Å². The van der Waals surface area contributed by atoms with Gasteiger partial charge in [0.05, 0.1) is 0 Å². The molecule has 0 radical (unpaired) electrons. The van der Waals surface area contributed by atoms with Crippen LogP contribution >= 0.6 is 22.6 Å². The van der Waals surface area contributed by atoms with Gasteiger partial charge in [-0.1, -0.05) is 49.8 Å². The second-order valence-electron chi connectivity index (χ2n) is 4.56. The third-order valence-corrected chi connectivity index (χ3v) is 4.59. The summed E-state index contributed by atoms with van der Waals surface area (Å²) in [7, 11) is 0. The first-order valence-electron chi connectivity index (χ1n) is 4.95. The zero-order chi connectivity index (χ0) is 11.2. The van der Waals surface area contributed by atoms with Crippen LogP contribution in [0, 0.1) is 5.41 Å². The normalized spacial score (nSPS) is 13.7. The molecule has 14 heavy (non-hydrogen) atoms. The monoisotopic (exact) mass is 313 g/mol. The number of amides is 1. The second-order valence-corrected chi connectivity index (χ2v) is 6.06. The van der Waals surface area contributed by atoms with Gasteiger partial charge in [0.1, 0.15) is 0 Å². The van der Waals surface area contributed by atoms with Crippen molar-refractivity contribution in [3.8, 4) is 0 Å². The topological polar surface area (TPSA) is 49.3 Å². The summed E-state index contributed by atoms with van der Waals surface area (Å²) in [6.07, 6.45) is 2.25. The summed E-state index contributed by atoms with van der Waals surface area (Å²) < 4.78 is 0.657. The molecular weight excluding hydrogens is 293 g/mol. The quantitative estimate of drug-likeness (QED) is 0.465. The summed E-state index contributed by atoms with van der Waals surface area (Å²) in [6, 6.07) is 0. The molecule has 1 atom stereocenters. The zero-order valence-corrected chi connectivity index (χ0v) is 11.3. The second kappa shape index (κ2) is 6.48. The van der Waals surface area contributed by atoms with Crippen LogP contribution in [0.4, 0.5) is 4.79 Å². The van der Waals surface area contributed by atoms with Crippen molar-refractivity contribution < 1.29 is 9.90 Å². The molecule has 0 fully saturated rings. The predicted molar refractivity (Wildman–Crippen MR) is 67.1 cm³/mol. The number of nitrogens with one attached hydrogen (secondary N) is 1. The van der Waals surface area contributed by atoms with Crippen LogP contribution in [0.15, 0.2) is 0 Å². The lowest BCUT2D eigenvalue weighted by molar-refractivity contribution is 0.194.